The molecule has 1 heterocycles. The van der Waals surface area contributed by atoms with E-state index in [-0.39, 0.29) is 0 Å². The SMILES string of the molecule is Cc1cc(-c2ccc(Cl)cc2)n(OCc2ccccc2)c1C. The Morgan fingerprint density at radius 3 is 2.32 bits per heavy atom. The van der Waals surface area contributed by atoms with Gasteiger partial charge in [0.2, 0.25) is 0 Å². The second kappa shape index (κ2) is 6.29. The van der Waals surface area contributed by atoms with Gasteiger partial charge in [0.15, 0.2) is 0 Å². The quantitative estimate of drug-likeness (QED) is 0.657. The summed E-state index contributed by atoms with van der Waals surface area (Å²) in [5, 5.41) is 0.737. The van der Waals surface area contributed by atoms with Crippen LogP contribution in [0.1, 0.15) is 16.8 Å². The molecule has 3 heteroatoms. The third-order valence-corrected chi connectivity index (χ3v) is 4.04. The molecule has 0 spiro atoms. The minimum atomic E-state index is 0.538. The molecule has 0 fully saturated rings. The van der Waals surface area contributed by atoms with E-state index in [1.807, 2.05) is 47.2 Å². The van der Waals surface area contributed by atoms with Crippen LogP contribution in [0, 0.1) is 13.8 Å². The highest BCUT2D eigenvalue weighted by Crippen LogP contribution is 2.26. The van der Waals surface area contributed by atoms with E-state index in [4.69, 9.17) is 16.4 Å². The van der Waals surface area contributed by atoms with Crippen molar-refractivity contribution in [3.63, 3.8) is 0 Å². The van der Waals surface area contributed by atoms with Crippen LogP contribution >= 0.6 is 11.6 Å². The minimum absolute atomic E-state index is 0.538. The van der Waals surface area contributed by atoms with Gasteiger partial charge in [-0.2, -0.15) is 4.73 Å². The van der Waals surface area contributed by atoms with Crippen molar-refractivity contribution in [2.24, 2.45) is 0 Å². The Kier molecular flexibility index (Phi) is 4.21. The lowest BCUT2D eigenvalue weighted by atomic mass is 10.1. The molecule has 0 amide bonds. The maximum absolute atomic E-state index is 6.04. The number of benzene rings is 2. The van der Waals surface area contributed by atoms with Gasteiger partial charge in [-0.25, -0.2) is 0 Å². The third-order valence-electron chi connectivity index (χ3n) is 3.79. The zero-order chi connectivity index (χ0) is 15.5. The van der Waals surface area contributed by atoms with E-state index in [0.717, 1.165) is 27.5 Å². The van der Waals surface area contributed by atoms with Gasteiger partial charge < -0.3 is 4.84 Å². The number of aryl methyl sites for hydroxylation is 1. The maximum atomic E-state index is 6.04. The van der Waals surface area contributed by atoms with Crippen LogP contribution in [-0.4, -0.2) is 4.73 Å². The fraction of sp³-hybridized carbons (Fsp3) is 0.158. The lowest BCUT2D eigenvalue weighted by Crippen LogP contribution is -2.14. The molecule has 2 nitrogen and oxygen atoms in total. The van der Waals surface area contributed by atoms with Gasteiger partial charge in [-0.1, -0.05) is 54.1 Å². The average Bonchev–Trinajstić information content (AvgIpc) is 2.82. The van der Waals surface area contributed by atoms with Crippen molar-refractivity contribution in [1.29, 1.82) is 0 Å². The molecule has 0 aliphatic rings. The average molecular weight is 312 g/mol. The summed E-state index contributed by atoms with van der Waals surface area (Å²) in [5.74, 6) is 0. The highest BCUT2D eigenvalue weighted by molar-refractivity contribution is 6.30. The summed E-state index contributed by atoms with van der Waals surface area (Å²) < 4.78 is 1.91. The normalized spacial score (nSPS) is 10.7. The molecule has 0 unspecified atom stereocenters. The van der Waals surface area contributed by atoms with Crippen molar-refractivity contribution in [2.45, 2.75) is 20.5 Å². The highest BCUT2D eigenvalue weighted by Gasteiger charge is 2.12. The van der Waals surface area contributed by atoms with Crippen molar-refractivity contribution in [3.8, 4) is 11.3 Å². The van der Waals surface area contributed by atoms with Crippen LogP contribution in [0.15, 0.2) is 60.7 Å². The summed E-state index contributed by atoms with van der Waals surface area (Å²) in [6.45, 7) is 4.70. The van der Waals surface area contributed by atoms with Crippen LogP contribution in [0.3, 0.4) is 0 Å². The number of halogens is 1. The molecule has 112 valence electrons. The molecule has 0 aliphatic heterocycles. The van der Waals surface area contributed by atoms with Gasteiger partial charge >= 0.3 is 0 Å². The fourth-order valence-electron chi connectivity index (χ4n) is 2.41. The van der Waals surface area contributed by atoms with Gasteiger partial charge in [-0.15, -0.1) is 0 Å². The largest absolute Gasteiger partial charge is 0.409 e. The number of aromatic nitrogens is 1. The van der Waals surface area contributed by atoms with Gasteiger partial charge in [0.05, 0.1) is 11.4 Å². The molecule has 22 heavy (non-hydrogen) atoms. The first kappa shape index (κ1) is 14.7. The van der Waals surface area contributed by atoms with Crippen LogP contribution in [-0.2, 0) is 6.61 Å². The lowest BCUT2D eigenvalue weighted by molar-refractivity contribution is 0.0970. The summed E-state index contributed by atoms with van der Waals surface area (Å²) in [4.78, 5) is 6.04. The van der Waals surface area contributed by atoms with Gasteiger partial charge in [0, 0.05) is 10.6 Å². The van der Waals surface area contributed by atoms with Crippen molar-refractivity contribution in [2.75, 3.05) is 0 Å². The van der Waals surface area contributed by atoms with Gasteiger partial charge in [0.1, 0.15) is 6.61 Å². The van der Waals surface area contributed by atoms with Crippen LogP contribution in [0.4, 0.5) is 0 Å². The summed E-state index contributed by atoms with van der Waals surface area (Å²) in [5.41, 5.74) is 5.60. The molecule has 3 aromatic rings. The highest BCUT2D eigenvalue weighted by atomic mass is 35.5. The van der Waals surface area contributed by atoms with E-state index < -0.39 is 0 Å². The van der Waals surface area contributed by atoms with E-state index in [1.54, 1.807) is 0 Å². The first-order chi connectivity index (χ1) is 10.6. The molecule has 3 rings (SSSR count). The number of hydrogen-bond donors (Lipinski definition) is 0. The van der Waals surface area contributed by atoms with Gasteiger partial charge in [0.25, 0.3) is 0 Å². The predicted molar refractivity (Wildman–Crippen MR) is 91.1 cm³/mol. The first-order valence-corrected chi connectivity index (χ1v) is 7.65. The zero-order valence-electron chi connectivity index (χ0n) is 12.7. The second-order valence-electron chi connectivity index (χ2n) is 5.36. The molecule has 0 N–H and O–H groups in total. The van der Waals surface area contributed by atoms with E-state index in [1.165, 1.54) is 5.56 Å². The predicted octanol–water partition coefficient (Wildman–Crippen LogP) is 5.05. The Balaban J connectivity index is 1.91. The van der Waals surface area contributed by atoms with E-state index in [9.17, 15) is 0 Å². The topological polar surface area (TPSA) is 14.2 Å². The fourth-order valence-corrected chi connectivity index (χ4v) is 2.54. The maximum Gasteiger partial charge on any atom is 0.140 e. The number of nitrogens with zero attached hydrogens (tertiary/aromatic N) is 1. The molecular weight excluding hydrogens is 294 g/mol. The summed E-state index contributed by atoms with van der Waals surface area (Å²) >= 11 is 5.98. The summed E-state index contributed by atoms with van der Waals surface area (Å²) in [6.07, 6.45) is 0. The summed E-state index contributed by atoms with van der Waals surface area (Å²) in [6, 6.07) is 20.1. The standard InChI is InChI=1S/C19H18ClNO/c1-14-12-19(17-8-10-18(20)11-9-17)21(15(14)2)22-13-16-6-4-3-5-7-16/h3-12H,13H2,1-2H3. The molecule has 0 radical (unpaired) electrons. The Morgan fingerprint density at radius 1 is 0.955 bits per heavy atom. The molecule has 2 aromatic carbocycles. The monoisotopic (exact) mass is 311 g/mol. The van der Waals surface area contributed by atoms with Crippen molar-refractivity contribution >= 4 is 11.6 Å². The second-order valence-corrected chi connectivity index (χ2v) is 5.79. The number of rotatable bonds is 4. The first-order valence-electron chi connectivity index (χ1n) is 7.27. The minimum Gasteiger partial charge on any atom is -0.409 e. The lowest BCUT2D eigenvalue weighted by Gasteiger charge is -2.13. The Hall–Kier alpha value is -2.19. The Bertz CT molecular complexity index is 760. The van der Waals surface area contributed by atoms with Crippen molar-refractivity contribution < 1.29 is 4.84 Å². The zero-order valence-corrected chi connectivity index (χ0v) is 13.5. The van der Waals surface area contributed by atoms with Crippen LogP contribution < -0.4 is 4.84 Å². The van der Waals surface area contributed by atoms with E-state index in [2.05, 4.69) is 32.0 Å². The molecule has 0 bridgehead atoms. The van der Waals surface area contributed by atoms with Crippen molar-refractivity contribution in [1.82, 2.24) is 4.73 Å². The smallest absolute Gasteiger partial charge is 0.140 e. The molecule has 1 aromatic heterocycles. The van der Waals surface area contributed by atoms with Gasteiger partial charge in [-0.3, -0.25) is 0 Å². The molecule has 0 atom stereocenters. The third kappa shape index (κ3) is 3.02. The van der Waals surface area contributed by atoms with Gasteiger partial charge in [-0.05, 0) is 43.2 Å². The van der Waals surface area contributed by atoms with Crippen LogP contribution in [0.5, 0.6) is 0 Å². The summed E-state index contributed by atoms with van der Waals surface area (Å²) in [7, 11) is 0. The number of hydrogen-bond acceptors (Lipinski definition) is 1. The van der Waals surface area contributed by atoms with E-state index in [0.29, 0.717) is 6.61 Å². The molecule has 0 saturated carbocycles. The van der Waals surface area contributed by atoms with E-state index >= 15 is 0 Å². The van der Waals surface area contributed by atoms with Crippen LogP contribution in [0.2, 0.25) is 5.02 Å². The Morgan fingerprint density at radius 2 is 1.64 bits per heavy atom. The molecular formula is C19H18ClNO. The van der Waals surface area contributed by atoms with Crippen molar-refractivity contribution in [3.05, 3.63) is 82.5 Å². The molecule has 0 saturated heterocycles. The molecule has 0 aliphatic carbocycles. The van der Waals surface area contributed by atoms with Crippen LogP contribution in [0.25, 0.3) is 11.3 Å². The Labute approximate surface area is 135 Å².